The molecule has 0 radical (unpaired) electrons. The van der Waals surface area contributed by atoms with E-state index in [1.54, 1.807) is 29.2 Å². The molecule has 0 aliphatic carbocycles. The second kappa shape index (κ2) is 14.0. The van der Waals surface area contributed by atoms with Crippen molar-refractivity contribution in [1.82, 2.24) is 19.6 Å². The Kier molecular flexibility index (Phi) is 10.1. The minimum atomic E-state index is -1.31. The maximum absolute atomic E-state index is 13.4. The van der Waals surface area contributed by atoms with Crippen LogP contribution in [0.2, 0.25) is 25.7 Å². The van der Waals surface area contributed by atoms with Gasteiger partial charge < -0.3 is 20.1 Å². The van der Waals surface area contributed by atoms with Gasteiger partial charge in [-0.2, -0.15) is 5.10 Å². The molecule has 46 heavy (non-hydrogen) atoms. The number of rotatable bonds is 12. The summed E-state index contributed by atoms with van der Waals surface area (Å²) < 4.78 is 13.3. The zero-order valence-electron chi connectivity index (χ0n) is 26.9. The second-order valence-electron chi connectivity index (χ2n) is 12.9. The number of carbonyl (C=O) groups excluding carboxylic acids is 4. The second-order valence-corrected chi connectivity index (χ2v) is 18.6. The number of ether oxygens (including phenoxy) is 2. The van der Waals surface area contributed by atoms with Crippen molar-refractivity contribution in [2.45, 2.75) is 71.0 Å². The van der Waals surface area contributed by atoms with E-state index in [2.05, 4.69) is 36.6 Å². The highest BCUT2D eigenvalue weighted by Gasteiger charge is 2.43. The smallest absolute Gasteiger partial charge is 0.255 e. The van der Waals surface area contributed by atoms with Crippen molar-refractivity contribution in [3.05, 3.63) is 64.3 Å². The molecule has 2 aliphatic rings. The number of aromatic nitrogens is 2. The third-order valence-corrected chi connectivity index (χ3v) is 10.1. The van der Waals surface area contributed by atoms with Crippen molar-refractivity contribution < 1.29 is 28.7 Å². The first kappa shape index (κ1) is 33.1. The van der Waals surface area contributed by atoms with Gasteiger partial charge >= 0.3 is 0 Å². The van der Waals surface area contributed by atoms with Crippen molar-refractivity contribution in [2.24, 2.45) is 5.73 Å². The molecular formula is C34H41N5O6Si. The summed E-state index contributed by atoms with van der Waals surface area (Å²) in [5.74, 6) is 4.81. The summed E-state index contributed by atoms with van der Waals surface area (Å²) in [5, 5.41) is 5.56. The fourth-order valence-corrected chi connectivity index (χ4v) is 6.49. The van der Waals surface area contributed by atoms with Gasteiger partial charge in [0, 0.05) is 62.9 Å². The number of piperidine rings is 1. The number of primary amides is 1. The van der Waals surface area contributed by atoms with Gasteiger partial charge in [-0.15, -0.1) is 0 Å². The van der Waals surface area contributed by atoms with Crippen LogP contribution in [0.4, 0.5) is 0 Å². The summed E-state index contributed by atoms with van der Waals surface area (Å²) in [4.78, 5) is 53.6. The fourth-order valence-electron chi connectivity index (χ4n) is 5.74. The number of hydrogen-bond donors (Lipinski definition) is 1. The molecular weight excluding hydrogens is 602 g/mol. The van der Waals surface area contributed by atoms with Crippen LogP contribution >= 0.6 is 0 Å². The lowest BCUT2D eigenvalue weighted by molar-refractivity contribution is -0.158. The number of likely N-dealkylation sites (tertiary alicyclic amines) is 1. The number of carbonyl (C=O) groups is 4. The first-order valence-corrected chi connectivity index (χ1v) is 19.3. The minimum Gasteiger partial charge on any atom is -0.369 e. The van der Waals surface area contributed by atoms with E-state index in [0.29, 0.717) is 42.9 Å². The van der Waals surface area contributed by atoms with Crippen molar-refractivity contribution in [2.75, 3.05) is 26.6 Å². The van der Waals surface area contributed by atoms with Crippen molar-refractivity contribution in [3.63, 3.8) is 0 Å². The molecule has 1 atom stereocenters. The fraction of sp³-hybridized carbons (Fsp3) is 0.441. The number of hydrogen-bond acceptors (Lipinski definition) is 7. The largest absolute Gasteiger partial charge is 0.369 e. The Labute approximate surface area is 270 Å². The van der Waals surface area contributed by atoms with Crippen LogP contribution in [0.25, 0.3) is 10.9 Å². The molecule has 3 heterocycles. The lowest BCUT2D eigenvalue weighted by Gasteiger charge is -2.35. The van der Waals surface area contributed by atoms with Gasteiger partial charge in [0.1, 0.15) is 19.4 Å². The quantitative estimate of drug-likeness (QED) is 0.138. The van der Waals surface area contributed by atoms with Gasteiger partial charge in [0.25, 0.3) is 11.8 Å². The molecule has 4 amide bonds. The van der Waals surface area contributed by atoms with Crippen LogP contribution < -0.4 is 5.73 Å². The molecule has 1 saturated heterocycles. The Balaban J connectivity index is 1.15. The minimum absolute atomic E-state index is 0.0846. The highest BCUT2D eigenvalue weighted by Crippen LogP contribution is 2.31. The first-order chi connectivity index (χ1) is 21.9. The van der Waals surface area contributed by atoms with Crippen LogP contribution in [0.3, 0.4) is 0 Å². The maximum Gasteiger partial charge on any atom is 0.255 e. The molecule has 2 aromatic carbocycles. The van der Waals surface area contributed by atoms with Crippen LogP contribution in [0.1, 0.15) is 56.8 Å². The van der Waals surface area contributed by atoms with E-state index in [9.17, 15) is 19.2 Å². The molecule has 3 aromatic rings. The normalized spacial score (nSPS) is 16.6. The Morgan fingerprint density at radius 3 is 2.67 bits per heavy atom. The van der Waals surface area contributed by atoms with Crippen LogP contribution in [0.5, 0.6) is 0 Å². The Morgan fingerprint density at radius 1 is 1.11 bits per heavy atom. The zero-order valence-corrected chi connectivity index (χ0v) is 27.9. The summed E-state index contributed by atoms with van der Waals surface area (Å²) in [6.07, 6.45) is 1.17. The van der Waals surface area contributed by atoms with Gasteiger partial charge in [-0.1, -0.05) is 43.6 Å². The predicted molar refractivity (Wildman–Crippen MR) is 175 cm³/mol. The highest BCUT2D eigenvalue weighted by molar-refractivity contribution is 6.76. The third-order valence-electron chi connectivity index (χ3n) is 8.35. The average Bonchev–Trinajstić information content (AvgIpc) is 3.51. The monoisotopic (exact) mass is 643 g/mol. The number of fused-ring (bicyclic) bond motifs is 2. The maximum atomic E-state index is 13.4. The van der Waals surface area contributed by atoms with E-state index >= 15 is 0 Å². The molecule has 242 valence electrons. The number of nitrogens with two attached hydrogens (primary N) is 1. The van der Waals surface area contributed by atoms with Gasteiger partial charge in [0.2, 0.25) is 11.8 Å². The highest BCUT2D eigenvalue weighted by atomic mass is 28.3. The van der Waals surface area contributed by atoms with Crippen molar-refractivity contribution >= 4 is 42.6 Å². The topological polar surface area (TPSA) is 137 Å². The molecule has 1 fully saturated rings. The summed E-state index contributed by atoms with van der Waals surface area (Å²) in [6, 6.07) is 10.9. The lowest BCUT2D eigenvalue weighted by Crippen LogP contribution is -2.55. The molecule has 11 nitrogen and oxygen atoms in total. The van der Waals surface area contributed by atoms with Crippen LogP contribution in [0.15, 0.2) is 36.4 Å². The SMILES string of the molecule is Cc1nn(CCCOCC#Cc2cccc3c2CN(C2CCC(=O)N(COCC[Si](C)(C)C)C2=O)C3=O)c2cc(C(N)=O)ccc12. The number of aryl methyl sites for hydroxylation is 2. The molecule has 5 rings (SSSR count). The van der Waals surface area contributed by atoms with Crippen LogP contribution in [0, 0.1) is 18.8 Å². The molecule has 1 aromatic heterocycles. The number of imide groups is 1. The van der Waals surface area contributed by atoms with Gasteiger partial charge in [0.05, 0.1) is 11.2 Å². The Hall–Kier alpha value is -4.31. The summed E-state index contributed by atoms with van der Waals surface area (Å²) in [6.45, 7) is 10.6. The summed E-state index contributed by atoms with van der Waals surface area (Å²) in [7, 11) is -1.31. The third kappa shape index (κ3) is 7.38. The summed E-state index contributed by atoms with van der Waals surface area (Å²) >= 11 is 0. The molecule has 2 aliphatic heterocycles. The predicted octanol–water partition coefficient (Wildman–Crippen LogP) is 3.69. The van der Waals surface area contributed by atoms with Crippen LogP contribution in [-0.2, 0) is 32.2 Å². The molecule has 0 spiro atoms. The lowest BCUT2D eigenvalue weighted by atomic mass is 10.0. The number of amides is 4. The van der Waals surface area contributed by atoms with Gasteiger partial charge in [0.15, 0.2) is 0 Å². The molecule has 12 heteroatoms. The van der Waals surface area contributed by atoms with Crippen molar-refractivity contribution in [1.29, 1.82) is 0 Å². The standard InChI is InChI=1S/C34H41N5O6Si/c1-23-26-12-11-25(32(35)41)20-30(26)39(36-23)15-7-17-44-16-6-9-24-8-5-10-27-28(24)21-37(33(27)42)29-13-14-31(40)38(34(29)43)22-45-18-19-46(2,3)4/h5,8,10-12,20,29H,7,13-19,21-22H2,1-4H3,(H2,35,41). The van der Waals surface area contributed by atoms with E-state index in [0.717, 1.165) is 33.1 Å². The van der Waals surface area contributed by atoms with Gasteiger partial charge in [-0.3, -0.25) is 28.8 Å². The van der Waals surface area contributed by atoms with E-state index in [-0.39, 0.29) is 44.5 Å². The van der Waals surface area contributed by atoms with Crippen molar-refractivity contribution in [3.8, 4) is 11.8 Å². The number of benzene rings is 2. The van der Waals surface area contributed by atoms with Gasteiger partial charge in [-0.25, -0.2) is 0 Å². The van der Waals surface area contributed by atoms with Gasteiger partial charge in [-0.05, 0) is 55.6 Å². The molecule has 0 saturated carbocycles. The zero-order chi connectivity index (χ0) is 33.0. The van der Waals surface area contributed by atoms with E-state index in [4.69, 9.17) is 15.2 Å². The van der Waals surface area contributed by atoms with E-state index in [1.807, 2.05) is 23.7 Å². The average molecular weight is 644 g/mol. The van der Waals surface area contributed by atoms with E-state index in [1.165, 1.54) is 0 Å². The molecule has 1 unspecified atom stereocenters. The molecule has 2 N–H and O–H groups in total. The Morgan fingerprint density at radius 2 is 1.91 bits per heavy atom. The van der Waals surface area contributed by atoms with E-state index < -0.39 is 25.9 Å². The Bertz CT molecular complexity index is 1730. The first-order valence-electron chi connectivity index (χ1n) is 15.6. The van der Waals surface area contributed by atoms with Crippen LogP contribution in [-0.4, -0.2) is 83.9 Å². The summed E-state index contributed by atoms with van der Waals surface area (Å²) in [5.41, 5.74) is 9.64. The number of nitrogens with zero attached hydrogens (tertiary/aromatic N) is 4. The molecule has 0 bridgehead atoms.